The van der Waals surface area contributed by atoms with Crippen molar-refractivity contribution in [3.05, 3.63) is 33.4 Å². The molecule has 0 radical (unpaired) electrons. The van der Waals surface area contributed by atoms with Crippen molar-refractivity contribution < 1.29 is 4.92 Å². The van der Waals surface area contributed by atoms with Crippen LogP contribution < -0.4 is 0 Å². The number of nitro groups is 1. The Morgan fingerprint density at radius 3 is 2.84 bits per heavy atom. The number of hydrogen-bond donors (Lipinski definition) is 0. The molecule has 8 heteroatoms. The van der Waals surface area contributed by atoms with Gasteiger partial charge in [-0.3, -0.25) is 14.8 Å². The van der Waals surface area contributed by atoms with Gasteiger partial charge >= 0.3 is 5.69 Å². The summed E-state index contributed by atoms with van der Waals surface area (Å²) in [5.74, 6) is 0. The van der Waals surface area contributed by atoms with Crippen LogP contribution in [0.5, 0.6) is 0 Å². The minimum absolute atomic E-state index is 0.0117. The van der Waals surface area contributed by atoms with Crippen LogP contribution in [-0.4, -0.2) is 24.7 Å². The first-order valence-electron chi connectivity index (χ1n) is 5.75. The Bertz CT molecular complexity index is 626. The van der Waals surface area contributed by atoms with Crippen LogP contribution >= 0.6 is 11.6 Å². The number of rotatable bonds is 4. The molecule has 0 unspecified atom stereocenters. The average Bonchev–Trinajstić information content (AvgIpc) is 2.75. The van der Waals surface area contributed by atoms with Crippen LogP contribution in [0, 0.1) is 17.0 Å². The zero-order valence-corrected chi connectivity index (χ0v) is 11.3. The quantitative estimate of drug-likeness (QED) is 0.488. The molecule has 2 heterocycles. The van der Waals surface area contributed by atoms with Crippen LogP contribution in [0.3, 0.4) is 0 Å². The second-order valence-corrected chi connectivity index (χ2v) is 4.31. The third kappa shape index (κ3) is 2.55. The highest BCUT2D eigenvalue weighted by Gasteiger charge is 2.25. The molecular formula is C11H12ClN5O2. The summed E-state index contributed by atoms with van der Waals surface area (Å²) < 4.78 is 1.67. The molecular weight excluding hydrogens is 270 g/mol. The lowest BCUT2D eigenvalue weighted by molar-refractivity contribution is -0.385. The van der Waals surface area contributed by atoms with Crippen LogP contribution in [0.2, 0.25) is 5.28 Å². The van der Waals surface area contributed by atoms with E-state index in [9.17, 15) is 10.1 Å². The van der Waals surface area contributed by atoms with E-state index in [1.807, 2.05) is 6.92 Å². The Morgan fingerprint density at radius 2 is 2.21 bits per heavy atom. The maximum atomic E-state index is 11.2. The SMILES string of the molecule is CCCn1nccc1-c1nc(Cl)nc(C)c1[N+](=O)[O-]. The van der Waals surface area contributed by atoms with Crippen molar-refractivity contribution in [2.24, 2.45) is 0 Å². The summed E-state index contributed by atoms with van der Waals surface area (Å²) in [5, 5.41) is 15.3. The molecule has 19 heavy (non-hydrogen) atoms. The van der Waals surface area contributed by atoms with E-state index in [-0.39, 0.29) is 22.4 Å². The van der Waals surface area contributed by atoms with E-state index in [0.29, 0.717) is 12.2 Å². The molecule has 0 amide bonds. The van der Waals surface area contributed by atoms with Crippen LogP contribution in [-0.2, 0) is 6.54 Å². The van der Waals surface area contributed by atoms with E-state index in [1.165, 1.54) is 6.92 Å². The fourth-order valence-corrected chi connectivity index (χ4v) is 2.07. The highest BCUT2D eigenvalue weighted by Crippen LogP contribution is 2.30. The molecule has 2 aromatic rings. The molecule has 0 saturated carbocycles. The van der Waals surface area contributed by atoms with E-state index in [0.717, 1.165) is 6.42 Å². The minimum Gasteiger partial charge on any atom is -0.263 e. The molecule has 0 saturated heterocycles. The van der Waals surface area contributed by atoms with Gasteiger partial charge < -0.3 is 0 Å². The first-order chi connectivity index (χ1) is 9.04. The Hall–Kier alpha value is -2.02. The van der Waals surface area contributed by atoms with Crippen LogP contribution in [0.15, 0.2) is 12.3 Å². The number of aromatic nitrogens is 4. The lowest BCUT2D eigenvalue weighted by Crippen LogP contribution is -2.06. The van der Waals surface area contributed by atoms with Gasteiger partial charge in [-0.1, -0.05) is 6.92 Å². The van der Waals surface area contributed by atoms with Gasteiger partial charge in [0.2, 0.25) is 5.28 Å². The van der Waals surface area contributed by atoms with Crippen molar-refractivity contribution in [3.8, 4) is 11.4 Å². The summed E-state index contributed by atoms with van der Waals surface area (Å²) in [7, 11) is 0. The summed E-state index contributed by atoms with van der Waals surface area (Å²) in [5.41, 5.74) is 0.876. The van der Waals surface area contributed by atoms with Crippen molar-refractivity contribution >= 4 is 17.3 Å². The molecule has 0 atom stereocenters. The van der Waals surface area contributed by atoms with Gasteiger partial charge in [-0.25, -0.2) is 9.97 Å². The smallest absolute Gasteiger partial charge is 0.263 e. The molecule has 0 aliphatic heterocycles. The van der Waals surface area contributed by atoms with Gasteiger partial charge in [-0.2, -0.15) is 5.10 Å². The van der Waals surface area contributed by atoms with E-state index < -0.39 is 4.92 Å². The topological polar surface area (TPSA) is 86.7 Å². The van der Waals surface area contributed by atoms with Gasteiger partial charge in [0.15, 0.2) is 5.69 Å². The van der Waals surface area contributed by atoms with Gasteiger partial charge in [0.25, 0.3) is 0 Å². The van der Waals surface area contributed by atoms with Crippen LogP contribution in [0.4, 0.5) is 5.69 Å². The zero-order valence-electron chi connectivity index (χ0n) is 10.5. The Balaban J connectivity index is 2.66. The monoisotopic (exact) mass is 281 g/mol. The zero-order chi connectivity index (χ0) is 14.0. The number of nitrogens with zero attached hydrogens (tertiary/aromatic N) is 5. The summed E-state index contributed by atoms with van der Waals surface area (Å²) in [6.45, 7) is 4.19. The molecule has 0 aliphatic rings. The second-order valence-electron chi connectivity index (χ2n) is 3.97. The standard InChI is InChI=1S/C11H12ClN5O2/c1-3-6-16-8(4-5-13-16)9-10(17(18)19)7(2)14-11(12)15-9/h4-5H,3,6H2,1-2H3. The minimum atomic E-state index is -0.496. The second kappa shape index (κ2) is 5.31. The number of halogens is 1. The van der Waals surface area contributed by atoms with Crippen molar-refractivity contribution in [2.45, 2.75) is 26.8 Å². The van der Waals surface area contributed by atoms with Gasteiger partial charge in [0.1, 0.15) is 5.69 Å². The van der Waals surface area contributed by atoms with Gasteiger partial charge in [0.05, 0.1) is 10.6 Å². The molecule has 2 aromatic heterocycles. The molecule has 0 spiro atoms. The van der Waals surface area contributed by atoms with Crippen molar-refractivity contribution in [1.29, 1.82) is 0 Å². The Labute approximate surface area is 114 Å². The van der Waals surface area contributed by atoms with Gasteiger partial charge in [-0.15, -0.1) is 0 Å². The summed E-state index contributed by atoms with van der Waals surface area (Å²) >= 11 is 5.80. The summed E-state index contributed by atoms with van der Waals surface area (Å²) in [4.78, 5) is 18.5. The molecule has 0 aliphatic carbocycles. The maximum Gasteiger partial charge on any atom is 0.318 e. The fraction of sp³-hybridized carbons (Fsp3) is 0.364. The molecule has 0 bridgehead atoms. The lowest BCUT2D eigenvalue weighted by Gasteiger charge is -2.07. The molecule has 7 nitrogen and oxygen atoms in total. The van der Waals surface area contributed by atoms with Gasteiger partial charge in [0, 0.05) is 12.7 Å². The van der Waals surface area contributed by atoms with Crippen molar-refractivity contribution in [2.75, 3.05) is 0 Å². The van der Waals surface area contributed by atoms with Gasteiger partial charge in [-0.05, 0) is 31.0 Å². The maximum absolute atomic E-state index is 11.2. The number of hydrogen-bond acceptors (Lipinski definition) is 5. The first-order valence-corrected chi connectivity index (χ1v) is 6.13. The Kier molecular flexibility index (Phi) is 3.75. The molecule has 2 rings (SSSR count). The number of aryl methyl sites for hydroxylation is 2. The van der Waals surface area contributed by atoms with E-state index >= 15 is 0 Å². The first kappa shape index (κ1) is 13.4. The van der Waals surface area contributed by atoms with E-state index in [1.54, 1.807) is 16.9 Å². The molecule has 0 aromatic carbocycles. The molecule has 100 valence electrons. The molecule has 0 N–H and O–H groups in total. The average molecular weight is 282 g/mol. The third-order valence-corrected chi connectivity index (χ3v) is 2.78. The van der Waals surface area contributed by atoms with Crippen molar-refractivity contribution in [1.82, 2.24) is 19.7 Å². The van der Waals surface area contributed by atoms with Crippen molar-refractivity contribution in [3.63, 3.8) is 0 Å². The predicted octanol–water partition coefficient (Wildman–Crippen LogP) is 2.62. The Morgan fingerprint density at radius 1 is 1.47 bits per heavy atom. The third-order valence-electron chi connectivity index (χ3n) is 2.61. The highest BCUT2D eigenvalue weighted by molar-refractivity contribution is 6.28. The highest BCUT2D eigenvalue weighted by atomic mass is 35.5. The normalized spacial score (nSPS) is 10.7. The predicted molar refractivity (Wildman–Crippen MR) is 69.9 cm³/mol. The molecule has 0 fully saturated rings. The summed E-state index contributed by atoms with van der Waals surface area (Å²) in [6.07, 6.45) is 2.44. The van der Waals surface area contributed by atoms with E-state index in [2.05, 4.69) is 15.1 Å². The fourth-order valence-electron chi connectivity index (χ4n) is 1.85. The van der Waals surface area contributed by atoms with Crippen LogP contribution in [0.25, 0.3) is 11.4 Å². The van der Waals surface area contributed by atoms with E-state index in [4.69, 9.17) is 11.6 Å². The largest absolute Gasteiger partial charge is 0.318 e. The lowest BCUT2D eigenvalue weighted by atomic mass is 10.2. The summed E-state index contributed by atoms with van der Waals surface area (Å²) in [6, 6.07) is 1.68. The van der Waals surface area contributed by atoms with Crippen LogP contribution in [0.1, 0.15) is 19.0 Å².